The Labute approximate surface area is 159 Å². The average molecular weight is 432 g/mol. The zero-order chi connectivity index (χ0) is 18.9. The molecule has 0 fully saturated rings. The Hall–Kier alpha value is -2.63. The monoisotopic (exact) mass is 431 g/mol. The average Bonchev–Trinajstić information content (AvgIpc) is 2.98. The van der Waals surface area contributed by atoms with Gasteiger partial charge in [-0.3, -0.25) is 4.79 Å². The normalized spacial score (nSPS) is 11.3. The number of para-hydroxylation sites is 1. The number of carbonyl (C=O) groups is 1. The Morgan fingerprint density at radius 1 is 1.31 bits per heavy atom. The number of hydrogen-bond donors (Lipinski definition) is 2. The van der Waals surface area contributed by atoms with Crippen LogP contribution in [0.2, 0.25) is 0 Å². The van der Waals surface area contributed by atoms with E-state index in [1.807, 2.05) is 31.2 Å². The van der Waals surface area contributed by atoms with Crippen LogP contribution in [0.15, 0.2) is 52.0 Å². The minimum atomic E-state index is -4.07. The predicted octanol–water partition coefficient (Wildman–Crippen LogP) is 3.16. The maximum atomic E-state index is 12.4. The molecule has 0 radical (unpaired) electrons. The molecule has 26 heavy (non-hydrogen) atoms. The molecule has 8 heteroatoms. The van der Waals surface area contributed by atoms with Crippen molar-refractivity contribution in [3.05, 3.63) is 63.8 Å². The van der Waals surface area contributed by atoms with E-state index < -0.39 is 15.9 Å². The number of rotatable bonds is 4. The van der Waals surface area contributed by atoms with Crippen LogP contribution in [-0.4, -0.2) is 19.3 Å². The third kappa shape index (κ3) is 3.64. The van der Waals surface area contributed by atoms with E-state index in [0.29, 0.717) is 10.0 Å². The zero-order valence-electron chi connectivity index (χ0n) is 13.7. The minimum Gasteiger partial charge on any atom is -0.361 e. The summed E-state index contributed by atoms with van der Waals surface area (Å²) in [6, 6.07) is 11.6. The molecule has 0 bridgehead atoms. The fourth-order valence-electron chi connectivity index (χ4n) is 2.71. The Bertz CT molecular complexity index is 1160. The SMILES string of the molecule is Cc1cccc2c(CC(=O)NS(=O)(=O)c3cc(Br)cc(C#N)c3)c[nH]c12. The van der Waals surface area contributed by atoms with Crippen LogP contribution in [0.5, 0.6) is 0 Å². The number of carbonyl (C=O) groups excluding carboxylic acids is 1. The number of sulfonamides is 1. The lowest BCUT2D eigenvalue weighted by Crippen LogP contribution is -2.31. The number of nitrogens with one attached hydrogen (secondary N) is 2. The molecule has 1 heterocycles. The smallest absolute Gasteiger partial charge is 0.264 e. The van der Waals surface area contributed by atoms with Crippen molar-refractivity contribution in [3.63, 3.8) is 0 Å². The molecule has 3 aromatic rings. The predicted molar refractivity (Wildman–Crippen MR) is 101 cm³/mol. The minimum absolute atomic E-state index is 0.0816. The Balaban J connectivity index is 1.84. The molecule has 0 aliphatic heterocycles. The molecule has 1 aromatic heterocycles. The van der Waals surface area contributed by atoms with Gasteiger partial charge in [0.2, 0.25) is 5.91 Å². The first-order valence-corrected chi connectivity index (χ1v) is 9.89. The van der Waals surface area contributed by atoms with Gasteiger partial charge in [-0.2, -0.15) is 5.26 Å². The van der Waals surface area contributed by atoms with Crippen molar-refractivity contribution in [2.45, 2.75) is 18.2 Å². The van der Waals surface area contributed by atoms with Gasteiger partial charge in [-0.1, -0.05) is 34.1 Å². The number of amides is 1. The van der Waals surface area contributed by atoms with Gasteiger partial charge < -0.3 is 4.98 Å². The van der Waals surface area contributed by atoms with Crippen LogP contribution in [0.25, 0.3) is 10.9 Å². The molecule has 6 nitrogen and oxygen atoms in total. The van der Waals surface area contributed by atoms with Crippen LogP contribution < -0.4 is 4.72 Å². The summed E-state index contributed by atoms with van der Waals surface area (Å²) in [7, 11) is -4.07. The number of nitriles is 1. The largest absolute Gasteiger partial charge is 0.361 e. The molecule has 132 valence electrons. The second-order valence-electron chi connectivity index (χ2n) is 5.80. The van der Waals surface area contributed by atoms with Crippen LogP contribution >= 0.6 is 15.9 Å². The number of nitrogens with zero attached hydrogens (tertiary/aromatic N) is 1. The molecule has 0 saturated heterocycles. The molecule has 0 unspecified atom stereocenters. The number of halogens is 1. The van der Waals surface area contributed by atoms with E-state index in [2.05, 4.69) is 25.6 Å². The van der Waals surface area contributed by atoms with Crippen LogP contribution in [0.4, 0.5) is 0 Å². The lowest BCUT2D eigenvalue weighted by molar-refractivity contribution is -0.118. The van der Waals surface area contributed by atoms with Crippen molar-refractivity contribution in [1.29, 1.82) is 5.26 Å². The van der Waals surface area contributed by atoms with Crippen molar-refractivity contribution in [2.24, 2.45) is 0 Å². The maximum absolute atomic E-state index is 12.4. The third-order valence-electron chi connectivity index (χ3n) is 3.92. The van der Waals surface area contributed by atoms with Gasteiger partial charge in [0.25, 0.3) is 10.0 Å². The van der Waals surface area contributed by atoms with E-state index in [1.165, 1.54) is 18.2 Å². The summed E-state index contributed by atoms with van der Waals surface area (Å²) in [5.41, 5.74) is 2.85. The summed E-state index contributed by atoms with van der Waals surface area (Å²) >= 11 is 3.16. The Morgan fingerprint density at radius 3 is 2.81 bits per heavy atom. The molecule has 0 aliphatic rings. The summed E-state index contributed by atoms with van der Waals surface area (Å²) in [5.74, 6) is -0.647. The number of fused-ring (bicyclic) bond motifs is 1. The molecule has 0 spiro atoms. The summed E-state index contributed by atoms with van der Waals surface area (Å²) in [6.07, 6.45) is 1.62. The molecule has 0 saturated carbocycles. The lowest BCUT2D eigenvalue weighted by atomic mass is 10.1. The number of aromatic nitrogens is 1. The highest BCUT2D eigenvalue weighted by Crippen LogP contribution is 2.22. The topological polar surface area (TPSA) is 103 Å². The van der Waals surface area contributed by atoms with E-state index in [9.17, 15) is 13.2 Å². The quantitative estimate of drug-likeness (QED) is 0.661. The molecule has 2 aromatic carbocycles. The summed E-state index contributed by atoms with van der Waals surface area (Å²) in [6.45, 7) is 1.95. The summed E-state index contributed by atoms with van der Waals surface area (Å²) in [5, 5.41) is 9.85. The molecular formula is C18H14BrN3O3S. The second kappa shape index (κ2) is 6.94. The van der Waals surface area contributed by atoms with Crippen molar-refractivity contribution < 1.29 is 13.2 Å². The van der Waals surface area contributed by atoms with Gasteiger partial charge in [-0.25, -0.2) is 13.1 Å². The number of benzene rings is 2. The molecule has 1 amide bonds. The highest BCUT2D eigenvalue weighted by atomic mass is 79.9. The summed E-state index contributed by atoms with van der Waals surface area (Å²) < 4.78 is 27.4. The van der Waals surface area contributed by atoms with Crippen molar-refractivity contribution in [2.75, 3.05) is 0 Å². The van der Waals surface area contributed by atoms with Gasteiger partial charge in [0.15, 0.2) is 0 Å². The highest BCUT2D eigenvalue weighted by molar-refractivity contribution is 9.10. The Morgan fingerprint density at radius 2 is 2.08 bits per heavy atom. The molecule has 3 rings (SSSR count). The van der Waals surface area contributed by atoms with E-state index in [-0.39, 0.29) is 16.9 Å². The van der Waals surface area contributed by atoms with E-state index in [0.717, 1.165) is 16.5 Å². The number of hydrogen-bond acceptors (Lipinski definition) is 4. The van der Waals surface area contributed by atoms with E-state index in [1.54, 1.807) is 6.20 Å². The van der Waals surface area contributed by atoms with Crippen LogP contribution in [-0.2, 0) is 21.2 Å². The number of aryl methyl sites for hydroxylation is 1. The maximum Gasteiger partial charge on any atom is 0.264 e. The van der Waals surface area contributed by atoms with Gasteiger partial charge >= 0.3 is 0 Å². The van der Waals surface area contributed by atoms with Crippen LogP contribution in [0, 0.1) is 18.3 Å². The first kappa shape index (κ1) is 18.2. The fraction of sp³-hybridized carbons (Fsp3) is 0.111. The molecule has 2 N–H and O–H groups in total. The number of H-pyrrole nitrogens is 1. The van der Waals surface area contributed by atoms with Crippen molar-refractivity contribution in [3.8, 4) is 6.07 Å². The van der Waals surface area contributed by atoms with E-state index in [4.69, 9.17) is 5.26 Å². The van der Waals surface area contributed by atoms with Gasteiger partial charge in [-0.05, 0) is 36.2 Å². The van der Waals surface area contributed by atoms with Gasteiger partial charge in [0, 0.05) is 21.6 Å². The van der Waals surface area contributed by atoms with Gasteiger partial charge in [0.05, 0.1) is 22.9 Å². The highest BCUT2D eigenvalue weighted by Gasteiger charge is 2.20. The number of aromatic amines is 1. The van der Waals surface area contributed by atoms with Gasteiger partial charge in [-0.15, -0.1) is 0 Å². The van der Waals surface area contributed by atoms with Gasteiger partial charge in [0.1, 0.15) is 0 Å². The third-order valence-corrected chi connectivity index (χ3v) is 5.73. The first-order valence-electron chi connectivity index (χ1n) is 7.62. The van der Waals surface area contributed by atoms with E-state index >= 15 is 0 Å². The lowest BCUT2D eigenvalue weighted by Gasteiger charge is -2.08. The molecular weight excluding hydrogens is 418 g/mol. The summed E-state index contributed by atoms with van der Waals surface area (Å²) in [4.78, 5) is 15.2. The van der Waals surface area contributed by atoms with Crippen molar-refractivity contribution in [1.82, 2.24) is 9.71 Å². The molecule has 0 aliphatic carbocycles. The first-order chi connectivity index (χ1) is 12.3. The zero-order valence-corrected chi connectivity index (χ0v) is 16.1. The van der Waals surface area contributed by atoms with Crippen LogP contribution in [0.1, 0.15) is 16.7 Å². The van der Waals surface area contributed by atoms with Crippen molar-refractivity contribution >= 4 is 42.8 Å². The van der Waals surface area contributed by atoms with Crippen LogP contribution in [0.3, 0.4) is 0 Å². The fourth-order valence-corrected chi connectivity index (χ4v) is 4.41. The standard InChI is InChI=1S/C18H14BrN3O3S/c1-11-3-2-4-16-13(10-21-18(11)16)7-17(23)22-26(24,25)15-6-12(9-20)5-14(19)8-15/h2-6,8,10,21H,7H2,1H3,(H,22,23). The second-order valence-corrected chi connectivity index (χ2v) is 8.40. The Kier molecular flexibility index (Phi) is 4.85. The molecule has 0 atom stereocenters.